The van der Waals surface area contributed by atoms with Crippen molar-refractivity contribution in [3.63, 3.8) is 0 Å². The summed E-state index contributed by atoms with van der Waals surface area (Å²) in [7, 11) is 1.29. The van der Waals surface area contributed by atoms with Gasteiger partial charge >= 0.3 is 5.97 Å². The van der Waals surface area contributed by atoms with Crippen molar-refractivity contribution in [3.8, 4) is 6.07 Å². The van der Waals surface area contributed by atoms with Crippen molar-refractivity contribution < 1.29 is 9.53 Å². The number of nitriles is 1. The average molecular weight is 215 g/mol. The lowest BCUT2D eigenvalue weighted by Gasteiger charge is -2.01. The maximum atomic E-state index is 11.1. The number of carbonyl (C=O) groups is 1. The molecule has 3 heteroatoms. The first-order chi connectivity index (χ1) is 7.71. The Hall–Kier alpha value is -2.08. The first kappa shape index (κ1) is 12.0. The summed E-state index contributed by atoms with van der Waals surface area (Å²) in [6, 6.07) is 9.55. The van der Waals surface area contributed by atoms with Gasteiger partial charge in [0.25, 0.3) is 0 Å². The lowest BCUT2D eigenvalue weighted by atomic mass is 10.0. The Morgan fingerprint density at radius 2 is 2.31 bits per heavy atom. The SMILES string of the molecule is CCc1cccc(C(C#N)=CC(=O)OC)c1. The number of allylic oxidation sites excluding steroid dienone is 1. The molecule has 0 amide bonds. The van der Waals surface area contributed by atoms with Crippen molar-refractivity contribution in [3.05, 3.63) is 41.5 Å². The van der Waals surface area contributed by atoms with Gasteiger partial charge in [-0.15, -0.1) is 0 Å². The minimum Gasteiger partial charge on any atom is -0.466 e. The van der Waals surface area contributed by atoms with Crippen molar-refractivity contribution in [2.75, 3.05) is 7.11 Å². The highest BCUT2D eigenvalue weighted by Crippen LogP contribution is 2.15. The van der Waals surface area contributed by atoms with Gasteiger partial charge in [-0.25, -0.2) is 4.79 Å². The van der Waals surface area contributed by atoms with E-state index in [-0.39, 0.29) is 0 Å². The Kier molecular flexibility index (Phi) is 4.28. The fraction of sp³-hybridized carbons (Fsp3) is 0.231. The summed E-state index contributed by atoms with van der Waals surface area (Å²) < 4.78 is 4.49. The molecule has 0 radical (unpaired) electrons. The molecular formula is C13H13NO2. The number of hydrogen-bond acceptors (Lipinski definition) is 3. The van der Waals surface area contributed by atoms with E-state index >= 15 is 0 Å². The van der Waals surface area contributed by atoms with Gasteiger partial charge in [0.2, 0.25) is 0 Å². The summed E-state index contributed by atoms with van der Waals surface area (Å²) >= 11 is 0. The predicted octanol–water partition coefficient (Wildman–Crippen LogP) is 2.33. The van der Waals surface area contributed by atoms with Crippen LogP contribution in [-0.2, 0) is 16.0 Å². The van der Waals surface area contributed by atoms with E-state index in [0.717, 1.165) is 17.5 Å². The summed E-state index contributed by atoms with van der Waals surface area (Å²) in [5.74, 6) is -0.515. The zero-order valence-corrected chi connectivity index (χ0v) is 9.36. The smallest absolute Gasteiger partial charge is 0.331 e. The maximum Gasteiger partial charge on any atom is 0.331 e. The van der Waals surface area contributed by atoms with Crippen molar-refractivity contribution in [1.82, 2.24) is 0 Å². The van der Waals surface area contributed by atoms with E-state index in [1.807, 2.05) is 31.2 Å². The fourth-order valence-electron chi connectivity index (χ4n) is 1.32. The summed E-state index contributed by atoms with van der Waals surface area (Å²) in [5.41, 5.74) is 2.19. The number of nitrogens with zero attached hydrogens (tertiary/aromatic N) is 1. The number of aryl methyl sites for hydroxylation is 1. The molecule has 82 valence electrons. The van der Waals surface area contributed by atoms with Crippen LogP contribution in [-0.4, -0.2) is 13.1 Å². The maximum absolute atomic E-state index is 11.1. The third-order valence-corrected chi connectivity index (χ3v) is 2.23. The quantitative estimate of drug-likeness (QED) is 0.441. The molecule has 0 aliphatic carbocycles. The number of benzene rings is 1. The molecule has 0 N–H and O–H groups in total. The van der Waals surface area contributed by atoms with Crippen LogP contribution in [0.15, 0.2) is 30.3 Å². The highest BCUT2D eigenvalue weighted by atomic mass is 16.5. The molecule has 1 aromatic rings. The summed E-state index contributed by atoms with van der Waals surface area (Å²) in [6.07, 6.45) is 2.10. The normalized spacial score (nSPS) is 10.7. The van der Waals surface area contributed by atoms with Crippen LogP contribution in [0.3, 0.4) is 0 Å². The minimum atomic E-state index is -0.515. The van der Waals surface area contributed by atoms with Gasteiger partial charge in [0.1, 0.15) is 6.07 Å². The van der Waals surface area contributed by atoms with Crippen LogP contribution in [0.1, 0.15) is 18.1 Å². The number of ether oxygens (including phenoxy) is 1. The van der Waals surface area contributed by atoms with Crippen LogP contribution >= 0.6 is 0 Å². The second-order valence-electron chi connectivity index (χ2n) is 3.25. The third kappa shape index (κ3) is 2.96. The lowest BCUT2D eigenvalue weighted by Crippen LogP contribution is -1.96. The van der Waals surface area contributed by atoms with E-state index in [9.17, 15) is 4.79 Å². The van der Waals surface area contributed by atoms with E-state index in [1.165, 1.54) is 13.2 Å². The average Bonchev–Trinajstić information content (AvgIpc) is 2.35. The molecule has 0 aliphatic heterocycles. The molecule has 0 fully saturated rings. The first-order valence-corrected chi connectivity index (χ1v) is 5.00. The Labute approximate surface area is 95.0 Å². The number of esters is 1. The van der Waals surface area contributed by atoms with Crippen LogP contribution in [0.4, 0.5) is 0 Å². The van der Waals surface area contributed by atoms with Gasteiger partial charge in [-0.2, -0.15) is 5.26 Å². The highest BCUT2D eigenvalue weighted by molar-refractivity contribution is 5.95. The van der Waals surface area contributed by atoms with Crippen LogP contribution in [0.2, 0.25) is 0 Å². The molecule has 0 spiro atoms. The number of carbonyl (C=O) groups excluding carboxylic acids is 1. The van der Waals surface area contributed by atoms with Crippen LogP contribution < -0.4 is 0 Å². The Balaban J connectivity index is 3.10. The third-order valence-electron chi connectivity index (χ3n) is 2.23. The van der Waals surface area contributed by atoms with E-state index in [0.29, 0.717) is 5.57 Å². The number of rotatable bonds is 3. The number of methoxy groups -OCH3 is 1. The predicted molar refractivity (Wildman–Crippen MR) is 61.4 cm³/mol. The van der Waals surface area contributed by atoms with E-state index < -0.39 is 5.97 Å². The molecule has 0 aliphatic rings. The molecule has 0 saturated carbocycles. The standard InChI is InChI=1S/C13H13NO2/c1-3-10-5-4-6-11(7-10)12(9-14)8-13(15)16-2/h4-8H,3H2,1-2H3. The Morgan fingerprint density at radius 3 is 2.88 bits per heavy atom. The van der Waals surface area contributed by atoms with Gasteiger partial charge in [-0.3, -0.25) is 0 Å². The van der Waals surface area contributed by atoms with Crippen molar-refractivity contribution in [1.29, 1.82) is 5.26 Å². The summed E-state index contributed by atoms with van der Waals surface area (Å²) in [4.78, 5) is 11.1. The molecule has 0 heterocycles. The zero-order chi connectivity index (χ0) is 12.0. The molecule has 0 saturated heterocycles. The lowest BCUT2D eigenvalue weighted by molar-refractivity contribution is -0.134. The molecule has 0 aromatic heterocycles. The topological polar surface area (TPSA) is 50.1 Å². The second-order valence-corrected chi connectivity index (χ2v) is 3.25. The molecule has 3 nitrogen and oxygen atoms in total. The van der Waals surface area contributed by atoms with Gasteiger partial charge < -0.3 is 4.74 Å². The van der Waals surface area contributed by atoms with Gasteiger partial charge in [0.05, 0.1) is 12.7 Å². The van der Waals surface area contributed by atoms with Crippen LogP contribution in [0, 0.1) is 11.3 Å². The zero-order valence-electron chi connectivity index (χ0n) is 9.36. The van der Waals surface area contributed by atoms with E-state index in [4.69, 9.17) is 5.26 Å². The fourth-order valence-corrected chi connectivity index (χ4v) is 1.32. The van der Waals surface area contributed by atoms with Crippen LogP contribution in [0.5, 0.6) is 0 Å². The molecule has 1 aromatic carbocycles. The summed E-state index contributed by atoms with van der Waals surface area (Å²) in [6.45, 7) is 2.04. The molecule has 0 bridgehead atoms. The minimum absolute atomic E-state index is 0.321. The molecule has 0 unspecified atom stereocenters. The monoisotopic (exact) mass is 215 g/mol. The molecule has 0 atom stereocenters. The van der Waals surface area contributed by atoms with Crippen molar-refractivity contribution in [2.24, 2.45) is 0 Å². The Bertz CT molecular complexity index is 455. The van der Waals surface area contributed by atoms with Crippen molar-refractivity contribution in [2.45, 2.75) is 13.3 Å². The van der Waals surface area contributed by atoms with E-state index in [2.05, 4.69) is 4.74 Å². The number of hydrogen-bond donors (Lipinski definition) is 0. The van der Waals surface area contributed by atoms with Gasteiger partial charge in [-0.1, -0.05) is 31.2 Å². The summed E-state index contributed by atoms with van der Waals surface area (Å²) in [5, 5.41) is 8.96. The largest absolute Gasteiger partial charge is 0.466 e. The van der Waals surface area contributed by atoms with Crippen LogP contribution in [0.25, 0.3) is 5.57 Å². The molecular weight excluding hydrogens is 202 g/mol. The second kappa shape index (κ2) is 5.72. The Morgan fingerprint density at radius 1 is 1.56 bits per heavy atom. The molecule has 1 rings (SSSR count). The van der Waals surface area contributed by atoms with Crippen molar-refractivity contribution >= 4 is 11.5 Å². The van der Waals surface area contributed by atoms with Gasteiger partial charge in [-0.05, 0) is 17.5 Å². The van der Waals surface area contributed by atoms with Gasteiger partial charge in [0, 0.05) is 6.08 Å². The highest BCUT2D eigenvalue weighted by Gasteiger charge is 2.04. The van der Waals surface area contributed by atoms with Gasteiger partial charge in [0.15, 0.2) is 0 Å². The first-order valence-electron chi connectivity index (χ1n) is 5.00. The molecule has 16 heavy (non-hydrogen) atoms. The van der Waals surface area contributed by atoms with E-state index in [1.54, 1.807) is 6.07 Å².